The number of ether oxygens (including phenoxy) is 1. The number of carbonyl (C=O) groups is 1. The molecule has 1 aromatic heterocycles. The van der Waals surface area contributed by atoms with Gasteiger partial charge in [0.2, 0.25) is 0 Å². The van der Waals surface area contributed by atoms with Crippen LogP contribution in [0.5, 0.6) is 5.75 Å². The average molecular weight is 429 g/mol. The quantitative estimate of drug-likeness (QED) is 0.583. The van der Waals surface area contributed by atoms with E-state index in [9.17, 15) is 23.1 Å². The first kappa shape index (κ1) is 20.1. The van der Waals surface area contributed by atoms with E-state index >= 15 is 0 Å². The highest BCUT2D eigenvalue weighted by Crippen LogP contribution is 2.29. The minimum absolute atomic E-state index is 0.302. The molecular weight excluding hydrogens is 410 g/mol. The van der Waals surface area contributed by atoms with Gasteiger partial charge in [0.25, 0.3) is 5.91 Å². The van der Waals surface area contributed by atoms with E-state index in [-0.39, 0.29) is 18.1 Å². The third-order valence-corrected chi connectivity index (χ3v) is 6.56. The van der Waals surface area contributed by atoms with Gasteiger partial charge in [-0.25, -0.2) is 13.2 Å². The lowest BCUT2D eigenvalue weighted by Crippen LogP contribution is -2.44. The second-order valence-electron chi connectivity index (χ2n) is 7.11. The van der Waals surface area contributed by atoms with Gasteiger partial charge in [-0.3, -0.25) is 4.79 Å². The van der Waals surface area contributed by atoms with Crippen LogP contribution in [0.15, 0.2) is 63.8 Å². The van der Waals surface area contributed by atoms with Crippen molar-refractivity contribution < 1.29 is 27.5 Å². The van der Waals surface area contributed by atoms with Gasteiger partial charge in [0.05, 0.1) is 23.7 Å². The minimum Gasteiger partial charge on any atom is -0.484 e. The summed E-state index contributed by atoms with van der Waals surface area (Å²) in [5.41, 5.74) is 1.40. The van der Waals surface area contributed by atoms with Gasteiger partial charge in [0.1, 0.15) is 11.3 Å². The molecule has 0 aliphatic carbocycles. The molecule has 2 N–H and O–H groups in total. The molecule has 9 heteroatoms. The summed E-state index contributed by atoms with van der Waals surface area (Å²) in [6, 6.07) is 14.9. The van der Waals surface area contributed by atoms with Crippen molar-refractivity contribution in [2.24, 2.45) is 0 Å². The van der Waals surface area contributed by atoms with Crippen molar-refractivity contribution in [3.05, 3.63) is 65.0 Å². The number of fused-ring (bicyclic) bond motifs is 1. The number of aliphatic hydroxyl groups excluding tert-OH is 1. The second kappa shape index (κ2) is 7.92. The summed E-state index contributed by atoms with van der Waals surface area (Å²) < 4.78 is 33.8. The minimum atomic E-state index is -3.36. The molecule has 8 nitrogen and oxygen atoms in total. The van der Waals surface area contributed by atoms with Gasteiger partial charge in [-0.2, -0.15) is 0 Å². The molecule has 30 heavy (non-hydrogen) atoms. The van der Waals surface area contributed by atoms with E-state index in [1.807, 2.05) is 30.3 Å². The molecule has 2 heterocycles. The number of nitrogens with one attached hydrogen (secondary N) is 1. The Hall–Kier alpha value is -3.17. The van der Waals surface area contributed by atoms with Crippen LogP contribution < -0.4 is 15.7 Å². The van der Waals surface area contributed by atoms with E-state index in [0.717, 1.165) is 16.5 Å². The SMILES string of the molecule is O=C(COc1ccc2c(-c3ccccc3)cc(=O)oc2c1)N[C@H]1CS(=O)(=O)C[C@H]1O. The lowest BCUT2D eigenvalue weighted by molar-refractivity contribution is -0.124. The van der Waals surface area contributed by atoms with E-state index in [1.54, 1.807) is 12.1 Å². The van der Waals surface area contributed by atoms with E-state index in [2.05, 4.69) is 5.32 Å². The molecule has 0 saturated carbocycles. The fourth-order valence-corrected chi connectivity index (χ4v) is 5.19. The molecular formula is C21H19NO7S. The average Bonchev–Trinajstić information content (AvgIpc) is 2.97. The van der Waals surface area contributed by atoms with Crippen molar-refractivity contribution >= 4 is 26.7 Å². The van der Waals surface area contributed by atoms with Gasteiger partial charge in [0, 0.05) is 17.5 Å². The first-order valence-corrected chi connectivity index (χ1v) is 11.1. The molecule has 0 spiro atoms. The maximum atomic E-state index is 12.1. The number of hydrogen-bond donors (Lipinski definition) is 2. The first-order chi connectivity index (χ1) is 14.3. The molecule has 1 aliphatic rings. The van der Waals surface area contributed by atoms with Gasteiger partial charge in [0.15, 0.2) is 16.4 Å². The normalized spacial score (nSPS) is 20.2. The third kappa shape index (κ3) is 4.37. The molecule has 1 fully saturated rings. The van der Waals surface area contributed by atoms with Crippen molar-refractivity contribution in [2.75, 3.05) is 18.1 Å². The molecule has 2 aromatic carbocycles. The number of sulfone groups is 1. The van der Waals surface area contributed by atoms with Crippen molar-refractivity contribution in [3.63, 3.8) is 0 Å². The second-order valence-corrected chi connectivity index (χ2v) is 9.26. The summed E-state index contributed by atoms with van der Waals surface area (Å²) in [6.45, 7) is -0.378. The molecule has 156 valence electrons. The third-order valence-electron chi connectivity index (χ3n) is 4.84. The molecule has 0 unspecified atom stereocenters. The Labute approximate surface area is 172 Å². The highest BCUT2D eigenvalue weighted by Gasteiger charge is 2.37. The summed E-state index contributed by atoms with van der Waals surface area (Å²) in [5, 5.41) is 12.9. The molecule has 1 amide bonds. The molecule has 1 aliphatic heterocycles. The molecule has 4 rings (SSSR count). The van der Waals surface area contributed by atoms with E-state index in [0.29, 0.717) is 11.3 Å². The predicted molar refractivity (Wildman–Crippen MR) is 110 cm³/mol. The molecule has 0 radical (unpaired) electrons. The first-order valence-electron chi connectivity index (χ1n) is 9.25. The summed E-state index contributed by atoms with van der Waals surface area (Å²) in [6.07, 6.45) is -1.13. The molecule has 0 bridgehead atoms. The number of hydrogen-bond acceptors (Lipinski definition) is 7. The highest BCUT2D eigenvalue weighted by molar-refractivity contribution is 7.91. The maximum Gasteiger partial charge on any atom is 0.336 e. The zero-order chi connectivity index (χ0) is 21.3. The number of carbonyl (C=O) groups excluding carboxylic acids is 1. The van der Waals surface area contributed by atoms with Crippen molar-refractivity contribution in [1.29, 1.82) is 0 Å². The monoisotopic (exact) mass is 429 g/mol. The van der Waals surface area contributed by atoms with Gasteiger partial charge in [-0.15, -0.1) is 0 Å². The van der Waals surface area contributed by atoms with E-state index < -0.39 is 33.5 Å². The molecule has 1 saturated heterocycles. The Kier molecular flexibility index (Phi) is 5.31. The number of rotatable bonds is 5. The summed E-state index contributed by atoms with van der Waals surface area (Å²) in [7, 11) is -3.36. The fourth-order valence-electron chi connectivity index (χ4n) is 3.45. The van der Waals surface area contributed by atoms with Crippen LogP contribution in [0.4, 0.5) is 0 Å². The van der Waals surface area contributed by atoms with E-state index in [1.165, 1.54) is 12.1 Å². The lowest BCUT2D eigenvalue weighted by atomic mass is 10.0. The smallest absolute Gasteiger partial charge is 0.336 e. The Morgan fingerprint density at radius 2 is 1.90 bits per heavy atom. The summed E-state index contributed by atoms with van der Waals surface area (Å²) in [5.74, 6) is -0.920. The Morgan fingerprint density at radius 3 is 2.60 bits per heavy atom. The van der Waals surface area contributed by atoms with Crippen molar-refractivity contribution in [1.82, 2.24) is 5.32 Å². The van der Waals surface area contributed by atoms with Gasteiger partial charge >= 0.3 is 5.63 Å². The predicted octanol–water partition coefficient (Wildman–Crippen LogP) is 1.11. The lowest BCUT2D eigenvalue weighted by Gasteiger charge is -2.15. The fraction of sp³-hybridized carbons (Fsp3) is 0.238. The summed E-state index contributed by atoms with van der Waals surface area (Å²) in [4.78, 5) is 24.1. The summed E-state index contributed by atoms with van der Waals surface area (Å²) >= 11 is 0. The van der Waals surface area contributed by atoms with Gasteiger partial charge in [-0.05, 0) is 23.3 Å². The van der Waals surface area contributed by atoms with Crippen LogP contribution in [-0.4, -0.2) is 49.7 Å². The van der Waals surface area contributed by atoms with Gasteiger partial charge < -0.3 is 19.6 Å². The van der Waals surface area contributed by atoms with Crippen LogP contribution in [0, 0.1) is 0 Å². The topological polar surface area (TPSA) is 123 Å². The number of aliphatic hydroxyl groups is 1. The Balaban J connectivity index is 1.49. The zero-order valence-corrected chi connectivity index (χ0v) is 16.6. The van der Waals surface area contributed by atoms with Crippen LogP contribution in [0.1, 0.15) is 0 Å². The molecule has 3 aromatic rings. The number of amides is 1. The van der Waals surface area contributed by atoms with Crippen molar-refractivity contribution in [2.45, 2.75) is 12.1 Å². The van der Waals surface area contributed by atoms with Crippen molar-refractivity contribution in [3.8, 4) is 16.9 Å². The largest absolute Gasteiger partial charge is 0.484 e. The van der Waals surface area contributed by atoms with Crippen LogP contribution in [-0.2, 0) is 14.6 Å². The zero-order valence-electron chi connectivity index (χ0n) is 15.8. The maximum absolute atomic E-state index is 12.1. The Bertz CT molecular complexity index is 1250. The highest BCUT2D eigenvalue weighted by atomic mass is 32.2. The van der Waals surface area contributed by atoms with Crippen LogP contribution in [0.2, 0.25) is 0 Å². The van der Waals surface area contributed by atoms with Crippen LogP contribution in [0.25, 0.3) is 22.1 Å². The number of benzene rings is 2. The Morgan fingerprint density at radius 1 is 1.13 bits per heavy atom. The van der Waals surface area contributed by atoms with E-state index in [4.69, 9.17) is 9.15 Å². The van der Waals surface area contributed by atoms with Gasteiger partial charge in [-0.1, -0.05) is 30.3 Å². The molecule has 2 atom stereocenters. The standard InChI is InChI=1S/C21H19NO7S/c23-18-12-30(26,27)11-17(18)22-20(24)10-28-14-6-7-15-16(13-4-2-1-3-5-13)9-21(25)29-19(15)8-14/h1-9,17-18,23H,10-12H2,(H,22,24)/t17-,18+/m0/s1. The van der Waals surface area contributed by atoms with Crippen LogP contribution >= 0.6 is 0 Å². The van der Waals surface area contributed by atoms with Crippen LogP contribution in [0.3, 0.4) is 0 Å².